The Balaban J connectivity index is 1.59. The van der Waals surface area contributed by atoms with Crippen LogP contribution in [0.2, 0.25) is 0 Å². The maximum atomic E-state index is 12.9. The van der Waals surface area contributed by atoms with Crippen molar-refractivity contribution in [2.45, 2.75) is 32.2 Å². The van der Waals surface area contributed by atoms with Gasteiger partial charge in [-0.3, -0.25) is 19.8 Å². The molecule has 0 aliphatic carbocycles. The number of anilines is 2. The molecule has 1 saturated heterocycles. The van der Waals surface area contributed by atoms with Crippen molar-refractivity contribution >= 4 is 42.1 Å². The number of hydrogen-bond acceptors (Lipinski definition) is 6. The topological polar surface area (TPSA) is 122 Å². The number of rotatable bonds is 4. The Kier molecular flexibility index (Phi) is 5.77. The van der Waals surface area contributed by atoms with Gasteiger partial charge in [0.2, 0.25) is 5.91 Å². The Hall–Kier alpha value is -3.58. The van der Waals surface area contributed by atoms with Crippen molar-refractivity contribution in [1.82, 2.24) is 14.9 Å². The van der Waals surface area contributed by atoms with Gasteiger partial charge in [-0.2, -0.15) is 5.26 Å². The summed E-state index contributed by atoms with van der Waals surface area (Å²) in [5, 5.41) is 11.7. The fourth-order valence-corrected chi connectivity index (χ4v) is 4.10. The molecule has 0 atom stereocenters. The van der Waals surface area contributed by atoms with Gasteiger partial charge in [0.25, 0.3) is 0 Å². The first-order valence-corrected chi connectivity index (χ1v) is 10.4. The monoisotopic (exact) mass is 436 g/mol. The Morgan fingerprint density at radius 3 is 2.81 bits per heavy atom. The molecule has 3 amide bonds. The maximum Gasteiger partial charge on any atom is 0.328 e. The number of H-pyrrole nitrogens is 1. The fourth-order valence-electron chi connectivity index (χ4n) is 3.87. The van der Waals surface area contributed by atoms with Gasteiger partial charge in [0.05, 0.1) is 10.1 Å². The van der Waals surface area contributed by atoms with Crippen LogP contribution in [0.5, 0.6) is 0 Å². The molecule has 2 aromatic rings. The number of aryl methyl sites for hydroxylation is 1. The second kappa shape index (κ2) is 8.65. The van der Waals surface area contributed by atoms with Gasteiger partial charge in [-0.25, -0.2) is 9.78 Å². The summed E-state index contributed by atoms with van der Waals surface area (Å²) in [6.45, 7) is 1.47. The zero-order valence-corrected chi connectivity index (χ0v) is 17.5. The predicted octanol–water partition coefficient (Wildman–Crippen LogP) is 2.93. The van der Waals surface area contributed by atoms with Crippen LogP contribution in [-0.4, -0.2) is 46.2 Å². The molecule has 0 aromatic carbocycles. The molecule has 158 valence electrons. The Morgan fingerprint density at radius 1 is 1.32 bits per heavy atom. The highest BCUT2D eigenvalue weighted by Gasteiger charge is 2.27. The number of amides is 3. The van der Waals surface area contributed by atoms with Crippen molar-refractivity contribution in [3.05, 3.63) is 45.2 Å². The number of likely N-dealkylation sites (tertiary alicyclic amines) is 1. The molecular formula is C21H20N6O3S. The number of aromatic amines is 1. The summed E-state index contributed by atoms with van der Waals surface area (Å²) in [6.07, 6.45) is 4.93. The van der Waals surface area contributed by atoms with E-state index in [9.17, 15) is 14.4 Å². The molecule has 2 aliphatic rings. The zero-order valence-electron chi connectivity index (χ0n) is 16.7. The van der Waals surface area contributed by atoms with Crippen LogP contribution in [0.4, 0.5) is 16.4 Å². The molecule has 0 radical (unpaired) electrons. The number of nitriles is 1. The lowest BCUT2D eigenvalue weighted by atomic mass is 10.0. The van der Waals surface area contributed by atoms with Gasteiger partial charge in [0, 0.05) is 37.8 Å². The van der Waals surface area contributed by atoms with Crippen LogP contribution in [0.1, 0.15) is 46.4 Å². The number of urea groups is 1. The number of hydrogen-bond donors (Lipinski definition) is 2. The smallest absolute Gasteiger partial charge is 0.328 e. The molecule has 0 saturated carbocycles. The summed E-state index contributed by atoms with van der Waals surface area (Å²) < 4.78 is 0.332. The summed E-state index contributed by atoms with van der Waals surface area (Å²) in [7, 11) is 0. The van der Waals surface area contributed by atoms with Crippen molar-refractivity contribution in [3.8, 4) is 6.07 Å². The lowest BCUT2D eigenvalue weighted by Gasteiger charge is -2.29. The van der Waals surface area contributed by atoms with Crippen molar-refractivity contribution in [1.29, 1.82) is 5.26 Å². The number of pyridine rings is 2. The van der Waals surface area contributed by atoms with Crippen LogP contribution in [0.25, 0.3) is 0 Å². The van der Waals surface area contributed by atoms with E-state index in [1.165, 1.54) is 17.2 Å². The summed E-state index contributed by atoms with van der Waals surface area (Å²) in [5.74, 6) is 0.880. The maximum absolute atomic E-state index is 12.9. The Bertz CT molecular complexity index is 1170. The van der Waals surface area contributed by atoms with Crippen molar-refractivity contribution in [2.24, 2.45) is 0 Å². The van der Waals surface area contributed by atoms with E-state index in [-0.39, 0.29) is 11.6 Å². The molecule has 0 bridgehead atoms. The number of fused-ring (bicyclic) bond motifs is 1. The number of carbonyl (C=O) groups excluding carboxylic acids is 3. The van der Waals surface area contributed by atoms with Crippen molar-refractivity contribution < 1.29 is 14.4 Å². The minimum absolute atomic E-state index is 0.0790. The number of carbonyl (C=O) groups is 3. The molecule has 1 fully saturated rings. The Morgan fingerprint density at radius 2 is 2.13 bits per heavy atom. The molecule has 0 spiro atoms. The van der Waals surface area contributed by atoms with Crippen molar-refractivity contribution in [2.75, 3.05) is 23.3 Å². The van der Waals surface area contributed by atoms with Crippen LogP contribution in [0, 0.1) is 15.8 Å². The summed E-state index contributed by atoms with van der Waals surface area (Å²) in [6, 6.07) is 4.95. The van der Waals surface area contributed by atoms with E-state index < -0.39 is 6.03 Å². The first-order chi connectivity index (χ1) is 15.0. The van der Waals surface area contributed by atoms with Gasteiger partial charge in [-0.15, -0.1) is 0 Å². The molecular weight excluding hydrogens is 416 g/mol. The van der Waals surface area contributed by atoms with E-state index >= 15 is 0 Å². The second-order valence-electron chi connectivity index (χ2n) is 7.47. The Labute approximate surface area is 183 Å². The number of nitrogens with zero attached hydrogens (tertiary/aromatic N) is 4. The van der Waals surface area contributed by atoms with E-state index in [2.05, 4.69) is 15.3 Å². The standard InChI is InChI=1S/C21H20N6O3S/c22-9-15-10-23-18(8-17(15)31)25-21(30)27-6-1-3-13-7-14(16(12-28)24-20(13)27)11-26-5-2-4-19(26)29/h7-8,10,12H,1-6,11H2,(H2,23,25,30,31). The zero-order chi connectivity index (χ0) is 22.0. The molecule has 4 rings (SSSR count). The van der Waals surface area contributed by atoms with Crippen molar-refractivity contribution in [3.63, 3.8) is 0 Å². The SMILES string of the molecule is N#Cc1c[nH]c(NC(=O)N2CCCc3cc(CN4CCCC4=O)c(C=O)nc32)cc1=S. The average molecular weight is 436 g/mol. The molecule has 9 nitrogen and oxygen atoms in total. The van der Waals surface area contributed by atoms with Crippen LogP contribution >= 0.6 is 12.2 Å². The third kappa shape index (κ3) is 4.18. The largest absolute Gasteiger partial charge is 0.347 e. The quantitative estimate of drug-likeness (QED) is 0.561. The number of aldehydes is 1. The molecule has 0 unspecified atom stereocenters. The lowest BCUT2D eigenvalue weighted by Crippen LogP contribution is -2.40. The third-order valence-electron chi connectivity index (χ3n) is 5.44. The fraction of sp³-hybridized carbons (Fsp3) is 0.333. The molecule has 31 heavy (non-hydrogen) atoms. The third-order valence-corrected chi connectivity index (χ3v) is 5.78. The van der Waals surface area contributed by atoms with Crippen LogP contribution < -0.4 is 10.2 Å². The van der Waals surface area contributed by atoms with Crippen LogP contribution in [-0.2, 0) is 17.8 Å². The van der Waals surface area contributed by atoms with Gasteiger partial charge in [0.15, 0.2) is 6.29 Å². The van der Waals surface area contributed by atoms with Gasteiger partial charge in [0.1, 0.15) is 23.4 Å². The summed E-state index contributed by atoms with van der Waals surface area (Å²) in [5.41, 5.74) is 2.11. The second-order valence-corrected chi connectivity index (χ2v) is 7.91. The first kappa shape index (κ1) is 20.7. The molecule has 2 N–H and O–H groups in total. The van der Waals surface area contributed by atoms with E-state index in [1.807, 2.05) is 12.1 Å². The van der Waals surface area contributed by atoms with Gasteiger partial charge in [-0.05, 0) is 37.0 Å². The highest BCUT2D eigenvalue weighted by atomic mass is 32.1. The molecule has 2 aromatic heterocycles. The van der Waals surface area contributed by atoms with Gasteiger partial charge in [-0.1, -0.05) is 12.2 Å². The average Bonchev–Trinajstić information content (AvgIpc) is 3.17. The highest BCUT2D eigenvalue weighted by Crippen LogP contribution is 2.29. The van der Waals surface area contributed by atoms with E-state index in [0.717, 1.165) is 24.8 Å². The molecule has 2 aliphatic heterocycles. The minimum Gasteiger partial charge on any atom is -0.347 e. The first-order valence-electron chi connectivity index (χ1n) is 9.97. The predicted molar refractivity (Wildman–Crippen MR) is 115 cm³/mol. The van der Waals surface area contributed by atoms with Gasteiger partial charge < -0.3 is 9.88 Å². The summed E-state index contributed by atoms with van der Waals surface area (Å²) in [4.78, 5) is 47.1. The number of nitrogens with one attached hydrogen (secondary N) is 2. The highest BCUT2D eigenvalue weighted by molar-refractivity contribution is 7.71. The van der Waals surface area contributed by atoms with E-state index in [0.29, 0.717) is 59.6 Å². The van der Waals surface area contributed by atoms with E-state index in [4.69, 9.17) is 17.5 Å². The number of aromatic nitrogens is 2. The molecule has 10 heteroatoms. The van der Waals surface area contributed by atoms with E-state index in [1.54, 1.807) is 4.90 Å². The lowest BCUT2D eigenvalue weighted by molar-refractivity contribution is -0.128. The summed E-state index contributed by atoms with van der Waals surface area (Å²) >= 11 is 5.14. The minimum atomic E-state index is -0.414. The molecule has 4 heterocycles. The van der Waals surface area contributed by atoms with Crippen LogP contribution in [0.3, 0.4) is 0 Å². The van der Waals surface area contributed by atoms with Crippen LogP contribution in [0.15, 0.2) is 18.3 Å². The van der Waals surface area contributed by atoms with Gasteiger partial charge >= 0.3 is 6.03 Å². The normalized spacial score (nSPS) is 15.4.